The molecule has 0 N–H and O–H groups in total. The molecular weight excluding hydrogens is 131 g/mol. The molecule has 46 valence electrons. The number of hydrogen-bond acceptors (Lipinski definition) is 4. The fourth-order valence-corrected chi connectivity index (χ4v) is 0.952. The Labute approximate surface area is 46.4 Å². The molecule has 1 fully saturated rings. The molecule has 0 atom stereocenters. The molecule has 0 aliphatic carbocycles. The van der Waals surface area contributed by atoms with Crippen molar-refractivity contribution in [1.29, 1.82) is 0 Å². The van der Waals surface area contributed by atoms with E-state index in [1.165, 1.54) is 6.08 Å². The summed E-state index contributed by atoms with van der Waals surface area (Å²) in [6.45, 7) is 3.34. The molecular formula is C3H5O4P. The highest BCUT2D eigenvalue weighted by atomic mass is 31.2. The summed E-state index contributed by atoms with van der Waals surface area (Å²) in [6.07, 6.45) is 1.65. The van der Waals surface area contributed by atoms with Gasteiger partial charge < -0.3 is 0 Å². The summed E-state index contributed by atoms with van der Waals surface area (Å²) < 4.78 is 18.9. The van der Waals surface area contributed by atoms with Gasteiger partial charge in [0, 0.05) is 0 Å². The van der Waals surface area contributed by atoms with Gasteiger partial charge in [-0.1, -0.05) is 11.1 Å². The quantitative estimate of drug-likeness (QED) is 0.325. The molecule has 1 aliphatic heterocycles. The minimum Gasteiger partial charge on any atom is -0.255 e. The van der Waals surface area contributed by atoms with Crippen LogP contribution in [-0.4, -0.2) is 6.16 Å². The van der Waals surface area contributed by atoms with E-state index in [1.54, 1.807) is 0 Å². The van der Waals surface area contributed by atoms with Crippen LogP contribution in [0.25, 0.3) is 0 Å². The lowest BCUT2D eigenvalue weighted by Crippen LogP contribution is -2.08. The highest BCUT2D eigenvalue weighted by molar-refractivity contribution is 7.54. The molecule has 0 bridgehead atoms. The lowest BCUT2D eigenvalue weighted by Gasteiger charge is -2.19. The van der Waals surface area contributed by atoms with Crippen LogP contribution in [0, 0.1) is 0 Å². The minimum absolute atomic E-state index is 0.201. The molecule has 0 aromatic rings. The van der Waals surface area contributed by atoms with E-state index in [-0.39, 0.29) is 6.16 Å². The molecule has 0 unspecified atom stereocenters. The first kappa shape index (κ1) is 5.98. The second kappa shape index (κ2) is 1.99. The lowest BCUT2D eigenvalue weighted by atomic mass is 10.8. The molecule has 0 aromatic carbocycles. The van der Waals surface area contributed by atoms with E-state index in [2.05, 4.69) is 21.0 Å². The fourth-order valence-electron chi connectivity index (χ4n) is 0.317. The number of rotatable bonds is 2. The summed E-state index contributed by atoms with van der Waals surface area (Å²) in [4.78, 5) is 0. The topological polar surface area (TPSA) is 44.8 Å². The zero-order chi connectivity index (χ0) is 6.04. The molecule has 1 aliphatic rings. The lowest BCUT2D eigenvalue weighted by molar-refractivity contribution is -0.487. The molecule has 0 saturated carbocycles. The van der Waals surface area contributed by atoms with E-state index >= 15 is 0 Å². The monoisotopic (exact) mass is 136 g/mol. The maximum Gasteiger partial charge on any atom is 0.394 e. The Bertz CT molecular complexity index is 134. The van der Waals surface area contributed by atoms with Crippen molar-refractivity contribution in [3.63, 3.8) is 0 Å². The molecule has 4 nitrogen and oxygen atoms in total. The Hall–Kier alpha value is -0.150. The molecule has 5 heteroatoms. The van der Waals surface area contributed by atoms with Crippen molar-refractivity contribution in [3.8, 4) is 0 Å². The van der Waals surface area contributed by atoms with Crippen molar-refractivity contribution in [2.24, 2.45) is 0 Å². The molecule has 0 radical (unpaired) electrons. The van der Waals surface area contributed by atoms with Crippen LogP contribution < -0.4 is 0 Å². The first-order valence-electron chi connectivity index (χ1n) is 2.01. The smallest absolute Gasteiger partial charge is 0.255 e. The number of allylic oxidation sites excluding steroid dienone is 1. The second-order valence-electron chi connectivity index (χ2n) is 1.30. The maximum atomic E-state index is 10.6. The van der Waals surface area contributed by atoms with Gasteiger partial charge in [-0.3, -0.25) is 4.57 Å². The Kier molecular flexibility index (Phi) is 1.49. The highest BCUT2D eigenvalue weighted by Crippen LogP contribution is 2.56. The van der Waals surface area contributed by atoms with Crippen LogP contribution in [0.3, 0.4) is 0 Å². The summed E-state index contributed by atoms with van der Waals surface area (Å²) >= 11 is 0. The average Bonchev–Trinajstić information content (AvgIpc) is 1.64. The average molecular weight is 136 g/mol. The summed E-state index contributed by atoms with van der Waals surface area (Å²) in [5.74, 6) is 0. The first-order chi connectivity index (χ1) is 3.77. The van der Waals surface area contributed by atoms with Crippen LogP contribution in [0.2, 0.25) is 0 Å². The molecule has 1 rings (SSSR count). The molecule has 8 heavy (non-hydrogen) atoms. The largest absolute Gasteiger partial charge is 0.394 e. The van der Waals surface area contributed by atoms with Crippen LogP contribution in [0.4, 0.5) is 0 Å². The highest BCUT2D eigenvalue weighted by Gasteiger charge is 2.36. The van der Waals surface area contributed by atoms with Crippen molar-refractivity contribution in [3.05, 3.63) is 12.7 Å². The van der Waals surface area contributed by atoms with Crippen molar-refractivity contribution < 1.29 is 19.0 Å². The molecule has 1 saturated heterocycles. The van der Waals surface area contributed by atoms with Gasteiger partial charge in [0.2, 0.25) is 0 Å². The predicted octanol–water partition coefficient (Wildman–Crippen LogP) is 1.26. The summed E-state index contributed by atoms with van der Waals surface area (Å²) in [7, 11) is -2.83. The van der Waals surface area contributed by atoms with E-state index in [0.717, 1.165) is 0 Å². The van der Waals surface area contributed by atoms with Crippen molar-refractivity contribution in [2.45, 2.75) is 0 Å². The fraction of sp³-hybridized carbons (Fsp3) is 0.333. The zero-order valence-electron chi connectivity index (χ0n) is 4.07. The summed E-state index contributed by atoms with van der Waals surface area (Å²) in [5.41, 5.74) is 0. The van der Waals surface area contributed by atoms with Gasteiger partial charge in [-0.2, -0.15) is 0 Å². The van der Waals surface area contributed by atoms with Crippen LogP contribution >= 0.6 is 7.60 Å². The summed E-state index contributed by atoms with van der Waals surface area (Å²) in [5, 5.41) is 3.78. The van der Waals surface area contributed by atoms with Crippen molar-refractivity contribution in [2.75, 3.05) is 6.16 Å². The Morgan fingerprint density at radius 3 is 2.38 bits per heavy atom. The van der Waals surface area contributed by atoms with E-state index in [9.17, 15) is 4.57 Å². The Balaban J connectivity index is 2.41. The van der Waals surface area contributed by atoms with Gasteiger partial charge in [0.05, 0.1) is 6.16 Å². The predicted molar refractivity (Wildman–Crippen MR) is 25.9 cm³/mol. The van der Waals surface area contributed by atoms with E-state index in [1.807, 2.05) is 0 Å². The van der Waals surface area contributed by atoms with Crippen LogP contribution in [-0.2, 0) is 19.0 Å². The molecule has 1 heterocycles. The molecule has 0 spiro atoms. The van der Waals surface area contributed by atoms with Gasteiger partial charge >= 0.3 is 7.60 Å². The summed E-state index contributed by atoms with van der Waals surface area (Å²) in [6, 6.07) is 0. The molecule has 0 aromatic heterocycles. The van der Waals surface area contributed by atoms with Gasteiger partial charge in [0.15, 0.2) is 0 Å². The van der Waals surface area contributed by atoms with Crippen molar-refractivity contribution >= 4 is 7.60 Å². The van der Waals surface area contributed by atoms with Crippen LogP contribution in [0.15, 0.2) is 12.7 Å². The normalized spacial score (nSPS) is 24.0. The minimum atomic E-state index is -2.83. The Morgan fingerprint density at radius 1 is 1.62 bits per heavy atom. The standard InChI is InChI=1S/C3H5O4P/c1-2-3-8(4)6-5-7-8/h2H,1,3H2. The van der Waals surface area contributed by atoms with Gasteiger partial charge in [-0.15, -0.1) is 15.9 Å². The first-order valence-corrected chi connectivity index (χ1v) is 3.74. The Morgan fingerprint density at radius 2 is 2.25 bits per heavy atom. The second-order valence-corrected chi connectivity index (χ2v) is 3.18. The maximum absolute atomic E-state index is 10.6. The van der Waals surface area contributed by atoms with Crippen molar-refractivity contribution in [1.82, 2.24) is 0 Å². The van der Waals surface area contributed by atoms with E-state index in [4.69, 9.17) is 0 Å². The molecule has 0 amide bonds. The zero-order valence-corrected chi connectivity index (χ0v) is 4.97. The van der Waals surface area contributed by atoms with Gasteiger partial charge in [-0.25, -0.2) is 0 Å². The van der Waals surface area contributed by atoms with E-state index < -0.39 is 7.60 Å². The van der Waals surface area contributed by atoms with Gasteiger partial charge in [0.25, 0.3) is 0 Å². The van der Waals surface area contributed by atoms with Gasteiger partial charge in [-0.05, 0) is 0 Å². The SMILES string of the molecule is C=CCP1(=O)OOO1. The third-order valence-electron chi connectivity index (χ3n) is 0.641. The van der Waals surface area contributed by atoms with Crippen LogP contribution in [0.1, 0.15) is 0 Å². The third-order valence-corrected chi connectivity index (χ3v) is 1.92. The third kappa shape index (κ3) is 0.980. The van der Waals surface area contributed by atoms with Crippen LogP contribution in [0.5, 0.6) is 0 Å². The van der Waals surface area contributed by atoms with Gasteiger partial charge in [0.1, 0.15) is 0 Å². The number of hydrogen-bond donors (Lipinski definition) is 0. The van der Waals surface area contributed by atoms with E-state index in [0.29, 0.717) is 0 Å².